The van der Waals surface area contributed by atoms with E-state index in [0.29, 0.717) is 22.8 Å². The Morgan fingerprint density at radius 1 is 1.12 bits per heavy atom. The van der Waals surface area contributed by atoms with Gasteiger partial charge in [-0.3, -0.25) is 9.89 Å². The predicted octanol–water partition coefficient (Wildman–Crippen LogP) is 1.59. The summed E-state index contributed by atoms with van der Waals surface area (Å²) in [6.07, 6.45) is 1.99. The molecule has 1 amide bonds. The first-order valence-electron chi connectivity index (χ1n) is 8.06. The topological polar surface area (TPSA) is 110 Å². The Balaban J connectivity index is 1.91. The summed E-state index contributed by atoms with van der Waals surface area (Å²) in [6.45, 7) is 1.91. The van der Waals surface area contributed by atoms with Gasteiger partial charge in [0, 0.05) is 11.5 Å². The summed E-state index contributed by atoms with van der Waals surface area (Å²) in [5, 5.41) is 10.7. The number of hydrogen-bond donors (Lipinski definition) is 3. The molecule has 24 heavy (non-hydrogen) atoms. The molecular weight excluding hydrogens is 304 g/mol. The first-order valence-corrected chi connectivity index (χ1v) is 8.06. The smallest absolute Gasteiger partial charge is 0.269 e. The number of amides is 1. The van der Waals surface area contributed by atoms with Gasteiger partial charge < -0.3 is 11.1 Å². The number of nitrogens with one attached hydrogen (secondary N) is 2. The van der Waals surface area contributed by atoms with Gasteiger partial charge in [-0.1, -0.05) is 30.3 Å². The summed E-state index contributed by atoms with van der Waals surface area (Å²) in [6, 6.07) is 9.58. The van der Waals surface area contributed by atoms with Crippen molar-refractivity contribution in [2.45, 2.75) is 18.8 Å². The Hall–Kier alpha value is -2.80. The van der Waals surface area contributed by atoms with Crippen molar-refractivity contribution in [3.05, 3.63) is 41.7 Å². The molecule has 2 aromatic heterocycles. The van der Waals surface area contributed by atoms with Crippen LogP contribution in [-0.2, 0) is 0 Å². The average molecular weight is 322 g/mol. The zero-order chi connectivity index (χ0) is 16.5. The van der Waals surface area contributed by atoms with Gasteiger partial charge in [0.25, 0.3) is 5.91 Å². The van der Waals surface area contributed by atoms with Crippen molar-refractivity contribution in [3.63, 3.8) is 0 Å². The number of rotatable bonds is 3. The van der Waals surface area contributed by atoms with E-state index in [9.17, 15) is 4.79 Å². The fourth-order valence-corrected chi connectivity index (χ4v) is 3.20. The van der Waals surface area contributed by atoms with Crippen LogP contribution in [0.15, 0.2) is 30.3 Å². The Bertz CT molecular complexity index is 883. The number of fused-ring (bicyclic) bond motifs is 1. The number of hydrogen-bond acceptors (Lipinski definition) is 5. The number of benzene rings is 1. The zero-order valence-electron chi connectivity index (χ0n) is 13.1. The minimum atomic E-state index is -0.583. The van der Waals surface area contributed by atoms with Gasteiger partial charge >= 0.3 is 0 Å². The maximum Gasteiger partial charge on any atom is 0.269 e. The summed E-state index contributed by atoms with van der Waals surface area (Å²) in [5.74, 6) is 0.229. The zero-order valence-corrected chi connectivity index (χ0v) is 13.1. The number of carbonyl (C=O) groups is 1. The highest BCUT2D eigenvalue weighted by atomic mass is 16.1. The van der Waals surface area contributed by atoms with Gasteiger partial charge in [0.1, 0.15) is 11.0 Å². The number of nitrogens with two attached hydrogens (primary N) is 1. The van der Waals surface area contributed by atoms with Crippen LogP contribution in [0.4, 0.5) is 0 Å². The van der Waals surface area contributed by atoms with Gasteiger partial charge in [-0.2, -0.15) is 5.10 Å². The van der Waals surface area contributed by atoms with E-state index in [0.717, 1.165) is 37.2 Å². The number of nitrogens with zero attached hydrogens (tertiary/aromatic N) is 3. The van der Waals surface area contributed by atoms with Crippen LogP contribution in [-0.4, -0.2) is 39.2 Å². The summed E-state index contributed by atoms with van der Waals surface area (Å²) in [5.41, 5.74) is 8.68. The quantitative estimate of drug-likeness (QED) is 0.678. The Labute approximate surface area is 138 Å². The maximum absolute atomic E-state index is 11.9. The SMILES string of the molecule is NC(=O)c1nc(-c2ccccc2)nc2c(C3CCNCC3)n[nH]c12. The molecule has 1 aromatic carbocycles. The second kappa shape index (κ2) is 6.01. The third-order valence-electron chi connectivity index (χ3n) is 4.43. The molecule has 122 valence electrons. The molecule has 4 rings (SSSR count). The van der Waals surface area contributed by atoms with Gasteiger partial charge in [0.15, 0.2) is 11.5 Å². The predicted molar refractivity (Wildman–Crippen MR) is 90.5 cm³/mol. The molecule has 7 heteroatoms. The molecule has 1 aliphatic heterocycles. The molecule has 0 radical (unpaired) electrons. The molecule has 3 aromatic rings. The molecule has 0 atom stereocenters. The van der Waals surface area contributed by atoms with Crippen LogP contribution < -0.4 is 11.1 Å². The minimum absolute atomic E-state index is 0.187. The minimum Gasteiger partial charge on any atom is -0.364 e. The molecule has 4 N–H and O–H groups in total. The number of H-pyrrole nitrogens is 1. The first-order chi connectivity index (χ1) is 11.7. The molecule has 1 aliphatic rings. The molecule has 0 spiro atoms. The fraction of sp³-hybridized carbons (Fsp3) is 0.294. The molecule has 3 heterocycles. The van der Waals surface area contributed by atoms with Crippen LogP contribution in [0, 0.1) is 0 Å². The first kappa shape index (κ1) is 14.8. The summed E-state index contributed by atoms with van der Waals surface area (Å²) >= 11 is 0. The highest BCUT2D eigenvalue weighted by Crippen LogP contribution is 2.30. The normalized spacial score (nSPS) is 15.7. The Morgan fingerprint density at radius 3 is 2.58 bits per heavy atom. The lowest BCUT2D eigenvalue weighted by Crippen LogP contribution is -2.27. The lowest BCUT2D eigenvalue weighted by molar-refractivity contribution is 0.0997. The van der Waals surface area contributed by atoms with Gasteiger partial charge in [0.05, 0.1) is 5.69 Å². The van der Waals surface area contributed by atoms with Crippen molar-refractivity contribution in [1.29, 1.82) is 0 Å². The highest BCUT2D eigenvalue weighted by molar-refractivity contribution is 6.03. The van der Waals surface area contributed by atoms with Crippen molar-refractivity contribution in [3.8, 4) is 11.4 Å². The van der Waals surface area contributed by atoms with Crippen LogP contribution in [0.25, 0.3) is 22.4 Å². The lowest BCUT2D eigenvalue weighted by atomic mass is 9.94. The van der Waals surface area contributed by atoms with Crippen molar-refractivity contribution in [2.75, 3.05) is 13.1 Å². The van der Waals surface area contributed by atoms with Gasteiger partial charge in [-0.15, -0.1) is 0 Å². The maximum atomic E-state index is 11.9. The van der Waals surface area contributed by atoms with E-state index in [-0.39, 0.29) is 5.69 Å². The monoisotopic (exact) mass is 322 g/mol. The molecule has 0 aliphatic carbocycles. The standard InChI is InChI=1S/C17H18N6O/c18-16(24)15-14-13(12(22-23-14)10-6-8-19-9-7-10)20-17(21-15)11-4-2-1-3-5-11/h1-5,10,19H,6-9H2,(H2,18,24)(H,22,23). The van der Waals surface area contributed by atoms with Crippen LogP contribution in [0.2, 0.25) is 0 Å². The van der Waals surface area contributed by atoms with Gasteiger partial charge in [0.2, 0.25) is 0 Å². The van der Waals surface area contributed by atoms with Crippen LogP contribution in [0.5, 0.6) is 0 Å². The molecule has 0 bridgehead atoms. The molecule has 0 unspecified atom stereocenters. The Kier molecular flexibility index (Phi) is 3.70. The molecule has 1 saturated heterocycles. The van der Waals surface area contributed by atoms with Gasteiger partial charge in [-0.05, 0) is 25.9 Å². The Morgan fingerprint density at radius 2 is 1.88 bits per heavy atom. The summed E-state index contributed by atoms with van der Waals surface area (Å²) in [7, 11) is 0. The average Bonchev–Trinajstić information content (AvgIpc) is 3.06. The molecular formula is C17H18N6O. The fourth-order valence-electron chi connectivity index (χ4n) is 3.20. The molecule has 1 fully saturated rings. The van der Waals surface area contributed by atoms with E-state index in [1.807, 2.05) is 30.3 Å². The summed E-state index contributed by atoms with van der Waals surface area (Å²) in [4.78, 5) is 20.9. The number of primary amides is 1. The molecule has 0 saturated carbocycles. The van der Waals surface area contributed by atoms with E-state index in [4.69, 9.17) is 10.7 Å². The number of aromatic nitrogens is 4. The second-order valence-corrected chi connectivity index (χ2v) is 5.98. The van der Waals surface area contributed by atoms with Gasteiger partial charge in [-0.25, -0.2) is 9.97 Å². The highest BCUT2D eigenvalue weighted by Gasteiger charge is 2.24. The van der Waals surface area contributed by atoms with Crippen molar-refractivity contribution < 1.29 is 4.79 Å². The van der Waals surface area contributed by atoms with Crippen molar-refractivity contribution >= 4 is 16.9 Å². The van der Waals surface area contributed by atoms with Crippen LogP contribution >= 0.6 is 0 Å². The van der Waals surface area contributed by atoms with Crippen molar-refractivity contribution in [1.82, 2.24) is 25.5 Å². The van der Waals surface area contributed by atoms with Crippen LogP contribution in [0.1, 0.15) is 34.9 Å². The molecule has 7 nitrogen and oxygen atoms in total. The number of aromatic amines is 1. The van der Waals surface area contributed by atoms with Crippen molar-refractivity contribution in [2.24, 2.45) is 5.73 Å². The van der Waals surface area contributed by atoms with E-state index in [1.165, 1.54) is 0 Å². The third kappa shape index (κ3) is 2.52. The number of carbonyl (C=O) groups excluding carboxylic acids is 1. The lowest BCUT2D eigenvalue weighted by Gasteiger charge is -2.20. The van der Waals surface area contributed by atoms with E-state index >= 15 is 0 Å². The second-order valence-electron chi connectivity index (χ2n) is 5.98. The number of piperidine rings is 1. The van der Waals surface area contributed by atoms with E-state index in [1.54, 1.807) is 0 Å². The summed E-state index contributed by atoms with van der Waals surface area (Å²) < 4.78 is 0. The largest absolute Gasteiger partial charge is 0.364 e. The third-order valence-corrected chi connectivity index (χ3v) is 4.43. The van der Waals surface area contributed by atoms with Crippen LogP contribution in [0.3, 0.4) is 0 Å². The van der Waals surface area contributed by atoms with E-state index < -0.39 is 5.91 Å². The van der Waals surface area contributed by atoms with E-state index in [2.05, 4.69) is 20.5 Å².